The van der Waals surface area contributed by atoms with E-state index in [1.54, 1.807) is 12.0 Å². The molecule has 3 heterocycles. The van der Waals surface area contributed by atoms with Crippen LogP contribution in [0.2, 0.25) is 0 Å². The molecule has 2 aliphatic heterocycles. The van der Waals surface area contributed by atoms with Gasteiger partial charge in [0.25, 0.3) is 5.91 Å². The summed E-state index contributed by atoms with van der Waals surface area (Å²) in [6.07, 6.45) is 3.04. The van der Waals surface area contributed by atoms with Crippen molar-refractivity contribution < 1.29 is 19.1 Å². The number of benzene rings is 1. The number of aromatic nitrogens is 2. The van der Waals surface area contributed by atoms with Gasteiger partial charge in [-0.2, -0.15) is 5.10 Å². The fraction of sp³-hybridized carbons (Fsp3) is 0.500. The fourth-order valence-electron chi connectivity index (χ4n) is 4.14. The van der Waals surface area contributed by atoms with E-state index in [1.807, 2.05) is 30.3 Å². The number of nitrogens with zero attached hydrogens (tertiary/aromatic N) is 3. The molecule has 1 aromatic heterocycles. The van der Waals surface area contributed by atoms with Gasteiger partial charge in [0.1, 0.15) is 11.4 Å². The lowest BCUT2D eigenvalue weighted by molar-refractivity contribution is -0.118. The lowest BCUT2D eigenvalue weighted by atomic mass is 9.99. The van der Waals surface area contributed by atoms with Crippen molar-refractivity contribution in [3.05, 3.63) is 41.7 Å². The number of hydrogen-bond acceptors (Lipinski definition) is 6. The lowest BCUT2D eigenvalue weighted by Crippen LogP contribution is -2.40. The van der Waals surface area contributed by atoms with Gasteiger partial charge in [0.15, 0.2) is 0 Å². The van der Waals surface area contributed by atoms with Gasteiger partial charge in [-0.1, -0.05) is 6.42 Å². The second-order valence-electron chi connectivity index (χ2n) is 7.87. The van der Waals surface area contributed by atoms with Crippen LogP contribution < -0.4 is 10.1 Å². The molecule has 9 nitrogen and oxygen atoms in total. The molecule has 0 spiro atoms. The summed E-state index contributed by atoms with van der Waals surface area (Å²) in [7, 11) is 1.61. The van der Waals surface area contributed by atoms with E-state index in [2.05, 4.69) is 20.4 Å². The molecule has 166 valence electrons. The Kier molecular flexibility index (Phi) is 6.83. The Morgan fingerprint density at radius 1 is 1.19 bits per heavy atom. The SMILES string of the molecule is COc1ccc(NC(=O)CN2CCCC[C@@H]2c2cc(C(=O)N3CCOCC3)n[nH]2)cc1. The predicted molar refractivity (Wildman–Crippen MR) is 115 cm³/mol. The van der Waals surface area contributed by atoms with E-state index in [0.717, 1.165) is 42.9 Å². The van der Waals surface area contributed by atoms with Crippen molar-refractivity contribution in [1.29, 1.82) is 0 Å². The normalized spacial score (nSPS) is 19.8. The van der Waals surface area contributed by atoms with Crippen molar-refractivity contribution in [2.24, 2.45) is 0 Å². The van der Waals surface area contributed by atoms with E-state index in [1.165, 1.54) is 0 Å². The van der Waals surface area contributed by atoms with Crippen LogP contribution >= 0.6 is 0 Å². The summed E-state index contributed by atoms with van der Waals surface area (Å²) in [6.45, 7) is 3.39. The standard InChI is InChI=1S/C22H29N5O4/c1-30-17-7-5-16(6-8-17)23-21(28)15-27-9-3-2-4-20(27)18-14-19(25-24-18)22(29)26-10-12-31-13-11-26/h5-8,14,20H,2-4,9-13,15H2,1H3,(H,23,28)(H,24,25)/t20-/m1/s1. The number of hydrogen-bond donors (Lipinski definition) is 2. The van der Waals surface area contributed by atoms with Gasteiger partial charge in [0, 0.05) is 18.8 Å². The molecule has 0 radical (unpaired) electrons. The highest BCUT2D eigenvalue weighted by Crippen LogP contribution is 2.30. The number of anilines is 1. The Bertz CT molecular complexity index is 892. The summed E-state index contributed by atoms with van der Waals surface area (Å²) in [6, 6.07) is 9.15. The number of piperidine rings is 1. The first-order chi connectivity index (χ1) is 15.1. The van der Waals surface area contributed by atoms with Crippen molar-refractivity contribution in [1.82, 2.24) is 20.0 Å². The molecule has 2 amide bonds. The number of nitrogens with one attached hydrogen (secondary N) is 2. The van der Waals surface area contributed by atoms with Gasteiger partial charge in [-0.3, -0.25) is 19.6 Å². The molecule has 1 aromatic carbocycles. The number of amides is 2. The Morgan fingerprint density at radius 3 is 2.71 bits per heavy atom. The highest BCUT2D eigenvalue weighted by atomic mass is 16.5. The van der Waals surface area contributed by atoms with Crippen LogP contribution in [0, 0.1) is 0 Å². The van der Waals surface area contributed by atoms with Crippen LogP contribution in [0.3, 0.4) is 0 Å². The summed E-state index contributed by atoms with van der Waals surface area (Å²) in [4.78, 5) is 29.3. The van der Waals surface area contributed by atoms with Crippen molar-refractivity contribution >= 4 is 17.5 Å². The molecule has 9 heteroatoms. The van der Waals surface area contributed by atoms with E-state index in [0.29, 0.717) is 32.0 Å². The Labute approximate surface area is 181 Å². The summed E-state index contributed by atoms with van der Waals surface area (Å²) in [5.74, 6) is 0.599. The van der Waals surface area contributed by atoms with Gasteiger partial charge >= 0.3 is 0 Å². The average molecular weight is 428 g/mol. The third-order valence-electron chi connectivity index (χ3n) is 5.81. The van der Waals surface area contributed by atoms with Crippen LogP contribution in [0.5, 0.6) is 5.75 Å². The highest BCUT2D eigenvalue weighted by molar-refractivity contribution is 5.93. The Morgan fingerprint density at radius 2 is 1.97 bits per heavy atom. The van der Waals surface area contributed by atoms with E-state index < -0.39 is 0 Å². The molecule has 0 bridgehead atoms. The smallest absolute Gasteiger partial charge is 0.274 e. The van der Waals surface area contributed by atoms with E-state index >= 15 is 0 Å². The maximum absolute atomic E-state index is 12.7. The van der Waals surface area contributed by atoms with Gasteiger partial charge in [0.2, 0.25) is 5.91 Å². The third kappa shape index (κ3) is 5.23. The number of carbonyl (C=O) groups is 2. The molecule has 0 unspecified atom stereocenters. The molecular formula is C22H29N5O4. The number of methoxy groups -OCH3 is 1. The van der Waals surface area contributed by atoms with Crippen LogP contribution in [-0.4, -0.2) is 78.3 Å². The second-order valence-corrected chi connectivity index (χ2v) is 7.87. The fourth-order valence-corrected chi connectivity index (χ4v) is 4.14. The van der Waals surface area contributed by atoms with Gasteiger partial charge in [-0.25, -0.2) is 0 Å². The zero-order valence-corrected chi connectivity index (χ0v) is 17.8. The van der Waals surface area contributed by atoms with Crippen molar-refractivity contribution in [3.63, 3.8) is 0 Å². The van der Waals surface area contributed by atoms with Crippen LogP contribution in [-0.2, 0) is 9.53 Å². The van der Waals surface area contributed by atoms with Crippen LogP contribution in [0.4, 0.5) is 5.69 Å². The van der Waals surface area contributed by atoms with E-state index in [9.17, 15) is 9.59 Å². The first kappa shape index (κ1) is 21.3. The summed E-state index contributed by atoms with van der Waals surface area (Å²) in [5.41, 5.74) is 2.04. The molecule has 4 rings (SSSR count). The first-order valence-corrected chi connectivity index (χ1v) is 10.7. The van der Waals surface area contributed by atoms with Gasteiger partial charge in [0.05, 0.1) is 38.6 Å². The summed E-state index contributed by atoms with van der Waals surface area (Å²) < 4.78 is 10.5. The Balaban J connectivity index is 1.39. The minimum Gasteiger partial charge on any atom is -0.497 e. The number of ether oxygens (including phenoxy) is 2. The average Bonchev–Trinajstić information content (AvgIpc) is 3.30. The van der Waals surface area contributed by atoms with Crippen molar-refractivity contribution in [3.8, 4) is 5.75 Å². The molecule has 31 heavy (non-hydrogen) atoms. The number of carbonyl (C=O) groups excluding carboxylic acids is 2. The van der Waals surface area contributed by atoms with Crippen LogP contribution in [0.1, 0.15) is 41.5 Å². The Hall–Kier alpha value is -2.91. The summed E-state index contributed by atoms with van der Waals surface area (Å²) >= 11 is 0. The number of morpholine rings is 1. The third-order valence-corrected chi connectivity index (χ3v) is 5.81. The second kappa shape index (κ2) is 9.93. The number of aromatic amines is 1. The highest BCUT2D eigenvalue weighted by Gasteiger charge is 2.29. The van der Waals surface area contributed by atoms with Crippen molar-refractivity contribution in [2.75, 3.05) is 51.8 Å². The van der Waals surface area contributed by atoms with Gasteiger partial charge in [-0.05, 0) is 49.7 Å². The summed E-state index contributed by atoms with van der Waals surface area (Å²) in [5, 5.41) is 10.3. The molecule has 1 atom stereocenters. The number of rotatable bonds is 6. The zero-order chi connectivity index (χ0) is 21.6. The topological polar surface area (TPSA) is 99.8 Å². The first-order valence-electron chi connectivity index (χ1n) is 10.7. The molecule has 2 aliphatic rings. The molecule has 2 fully saturated rings. The largest absolute Gasteiger partial charge is 0.497 e. The maximum atomic E-state index is 12.7. The molecule has 0 aliphatic carbocycles. The predicted octanol–water partition coefficient (Wildman–Crippen LogP) is 2.06. The van der Waals surface area contributed by atoms with Gasteiger partial charge < -0.3 is 19.7 Å². The molecular weight excluding hydrogens is 398 g/mol. The molecule has 2 N–H and O–H groups in total. The van der Waals surface area contributed by atoms with E-state index in [-0.39, 0.29) is 24.4 Å². The minimum atomic E-state index is -0.0783. The van der Waals surface area contributed by atoms with Crippen LogP contribution in [0.25, 0.3) is 0 Å². The minimum absolute atomic E-state index is 0.0362. The maximum Gasteiger partial charge on any atom is 0.274 e. The monoisotopic (exact) mass is 427 g/mol. The molecule has 0 saturated carbocycles. The number of H-pyrrole nitrogens is 1. The quantitative estimate of drug-likeness (QED) is 0.732. The van der Waals surface area contributed by atoms with E-state index in [4.69, 9.17) is 9.47 Å². The zero-order valence-electron chi connectivity index (χ0n) is 17.8. The van der Waals surface area contributed by atoms with Gasteiger partial charge in [-0.15, -0.1) is 0 Å². The van der Waals surface area contributed by atoms with Crippen molar-refractivity contribution in [2.45, 2.75) is 25.3 Å². The number of likely N-dealkylation sites (tertiary alicyclic amines) is 1. The molecule has 2 aromatic rings. The lowest BCUT2D eigenvalue weighted by Gasteiger charge is -2.34. The molecule has 2 saturated heterocycles. The van der Waals surface area contributed by atoms with Crippen LogP contribution in [0.15, 0.2) is 30.3 Å².